The number of pyridine rings is 1. The fraction of sp³-hybridized carbons (Fsp3) is 0.270. The van der Waals surface area contributed by atoms with Crippen molar-refractivity contribution in [3.05, 3.63) is 124 Å². The van der Waals surface area contributed by atoms with Crippen molar-refractivity contribution in [2.24, 2.45) is 17.8 Å². The second-order valence-electron chi connectivity index (χ2n) is 11.7. The van der Waals surface area contributed by atoms with E-state index in [4.69, 9.17) is 4.74 Å². The maximum absolute atomic E-state index is 13.8. The van der Waals surface area contributed by atoms with Crippen molar-refractivity contribution in [3.8, 4) is 11.5 Å². The number of aliphatic hydroxyl groups is 2. The third-order valence-corrected chi connectivity index (χ3v) is 9.63. The van der Waals surface area contributed by atoms with Crippen LogP contribution >= 0.6 is 11.3 Å². The summed E-state index contributed by atoms with van der Waals surface area (Å²) in [5.41, 5.74) is 3.68. The Hall–Kier alpha value is -4.57. The summed E-state index contributed by atoms with van der Waals surface area (Å²) in [5, 5.41) is 34.6. The number of nitrogens with zero attached hydrogens (tertiary/aromatic N) is 2. The molecule has 2 aliphatic rings. The van der Waals surface area contributed by atoms with Crippen LogP contribution in [-0.4, -0.2) is 56.3 Å². The highest BCUT2D eigenvalue weighted by molar-refractivity contribution is 7.09. The van der Waals surface area contributed by atoms with Crippen LogP contribution in [-0.2, 0) is 16.1 Å². The van der Waals surface area contributed by atoms with Gasteiger partial charge >= 0.3 is 0 Å². The Labute approximate surface area is 271 Å². The summed E-state index contributed by atoms with van der Waals surface area (Å²) in [6, 6.07) is 25.6. The molecule has 1 aliphatic heterocycles. The first-order valence-electron chi connectivity index (χ1n) is 15.4. The summed E-state index contributed by atoms with van der Waals surface area (Å²) in [6.07, 6.45) is 3.59. The Balaban J connectivity index is 1.31. The van der Waals surface area contributed by atoms with E-state index in [0.717, 1.165) is 27.3 Å². The summed E-state index contributed by atoms with van der Waals surface area (Å²) in [6.45, 7) is -0.0727. The molecule has 2 aromatic carbocycles. The van der Waals surface area contributed by atoms with Crippen LogP contribution in [0, 0.1) is 17.8 Å². The summed E-state index contributed by atoms with van der Waals surface area (Å²) in [4.78, 5) is 34.2. The molecule has 3 heterocycles. The number of para-hydroxylation sites is 1. The van der Waals surface area contributed by atoms with E-state index >= 15 is 0 Å². The minimum atomic E-state index is -1.02. The molecule has 4 aromatic rings. The van der Waals surface area contributed by atoms with Gasteiger partial charge in [0.05, 0.1) is 36.8 Å². The van der Waals surface area contributed by atoms with E-state index in [0.29, 0.717) is 17.7 Å². The smallest absolute Gasteiger partial charge is 0.234 e. The number of benzene rings is 2. The summed E-state index contributed by atoms with van der Waals surface area (Å²) in [5.74, 6) is -1.90. The van der Waals surface area contributed by atoms with Crippen LogP contribution in [0.5, 0.6) is 11.5 Å². The number of rotatable bonds is 12. The number of thiophene rings is 1. The van der Waals surface area contributed by atoms with Gasteiger partial charge in [-0.2, -0.15) is 0 Å². The largest absolute Gasteiger partial charge is 0.508 e. The van der Waals surface area contributed by atoms with Gasteiger partial charge in [0.15, 0.2) is 0 Å². The van der Waals surface area contributed by atoms with Gasteiger partial charge in [-0.05, 0) is 95.5 Å². The first-order chi connectivity index (χ1) is 22.4. The first kappa shape index (κ1) is 31.4. The molecule has 0 unspecified atom stereocenters. The molecule has 1 fully saturated rings. The number of hydrogen-bond donors (Lipinski definition) is 3. The predicted octanol–water partition coefficient (Wildman–Crippen LogP) is 5.72. The van der Waals surface area contributed by atoms with Crippen LogP contribution in [0.25, 0.3) is 11.6 Å². The highest BCUT2D eigenvalue weighted by Gasteiger charge is 2.54. The number of aliphatic hydroxyl groups excluding tert-OH is 2. The van der Waals surface area contributed by atoms with Gasteiger partial charge in [-0.1, -0.05) is 42.5 Å². The Kier molecular flexibility index (Phi) is 9.73. The molecule has 4 atom stereocenters. The van der Waals surface area contributed by atoms with Crippen LogP contribution in [0.2, 0.25) is 0 Å². The minimum Gasteiger partial charge on any atom is -0.508 e. The fourth-order valence-corrected chi connectivity index (χ4v) is 7.34. The zero-order valence-electron chi connectivity index (χ0n) is 25.2. The van der Waals surface area contributed by atoms with Crippen LogP contribution in [0.1, 0.15) is 35.4 Å². The standard InChI is InChI=1S/C37H36N2O6S/c40-22-31-34(33(42)15-14-25(32-13-4-5-16-38-32)18-24-8-6-9-27(41)19-24)26(23-45-28-10-2-1-3-11-28)20-30-35(31)37(44)39(36(30)43)21-29-12-7-17-46-29/h1-13,16-19,30-31,33,35,40-42H,14-15,20-23H2/b25-18-/t30-,31+,33-,35-/m1/s1. The minimum absolute atomic E-state index is 0.120. The summed E-state index contributed by atoms with van der Waals surface area (Å²) >= 11 is 1.48. The highest BCUT2D eigenvalue weighted by Crippen LogP contribution is 2.47. The molecule has 6 rings (SSSR count). The molecule has 2 aromatic heterocycles. The molecule has 3 N–H and O–H groups in total. The fourth-order valence-electron chi connectivity index (χ4n) is 6.65. The number of phenols is 1. The average molecular weight is 637 g/mol. The van der Waals surface area contributed by atoms with Gasteiger partial charge in [0.1, 0.15) is 18.1 Å². The topological polar surface area (TPSA) is 120 Å². The summed E-state index contributed by atoms with van der Waals surface area (Å²) in [7, 11) is 0. The van der Waals surface area contributed by atoms with Crippen LogP contribution in [0.15, 0.2) is 108 Å². The van der Waals surface area contributed by atoms with Crippen molar-refractivity contribution in [1.29, 1.82) is 0 Å². The Morgan fingerprint density at radius 3 is 2.57 bits per heavy atom. The van der Waals surface area contributed by atoms with Gasteiger partial charge in [-0.15, -0.1) is 11.3 Å². The number of aromatic hydroxyl groups is 1. The number of allylic oxidation sites excluding steroid dienone is 1. The Morgan fingerprint density at radius 1 is 1.02 bits per heavy atom. The van der Waals surface area contributed by atoms with Crippen LogP contribution in [0.4, 0.5) is 0 Å². The van der Waals surface area contributed by atoms with Crippen molar-refractivity contribution in [2.45, 2.75) is 31.9 Å². The summed E-state index contributed by atoms with van der Waals surface area (Å²) < 4.78 is 6.12. The molecular weight excluding hydrogens is 600 g/mol. The van der Waals surface area contributed by atoms with E-state index in [9.17, 15) is 24.9 Å². The lowest BCUT2D eigenvalue weighted by Crippen LogP contribution is -2.40. The van der Waals surface area contributed by atoms with Crippen molar-refractivity contribution in [1.82, 2.24) is 9.88 Å². The predicted molar refractivity (Wildman–Crippen MR) is 176 cm³/mol. The van der Waals surface area contributed by atoms with Gasteiger partial charge in [-0.25, -0.2) is 0 Å². The molecule has 2 amide bonds. The van der Waals surface area contributed by atoms with Crippen molar-refractivity contribution < 1.29 is 29.6 Å². The molecular formula is C37H36N2O6S. The van der Waals surface area contributed by atoms with Crippen LogP contribution in [0.3, 0.4) is 0 Å². The quantitative estimate of drug-likeness (QED) is 0.134. The maximum Gasteiger partial charge on any atom is 0.234 e. The van der Waals surface area contributed by atoms with E-state index < -0.39 is 23.9 Å². The lowest BCUT2D eigenvalue weighted by atomic mass is 9.68. The zero-order valence-corrected chi connectivity index (χ0v) is 26.1. The number of hydrogen-bond acceptors (Lipinski definition) is 8. The normalized spacial score (nSPS) is 20.6. The molecule has 236 valence electrons. The Bertz CT molecular complexity index is 1720. The number of carbonyl (C=O) groups is 2. The van der Waals surface area contributed by atoms with Crippen molar-refractivity contribution >= 4 is 34.8 Å². The number of phenolic OH excluding ortho intramolecular Hbond substituents is 1. The second kappa shape index (κ2) is 14.2. The third-order valence-electron chi connectivity index (χ3n) is 8.77. The van der Waals surface area contributed by atoms with E-state index in [1.807, 2.05) is 78.2 Å². The number of imide groups is 1. The number of aromatic nitrogens is 1. The monoisotopic (exact) mass is 636 g/mol. The number of carbonyl (C=O) groups excluding carboxylic acids is 2. The van der Waals surface area contributed by atoms with Gasteiger partial charge in [-0.3, -0.25) is 19.5 Å². The van der Waals surface area contributed by atoms with Crippen molar-refractivity contribution in [2.75, 3.05) is 13.2 Å². The third kappa shape index (κ3) is 6.82. The molecule has 0 spiro atoms. The molecule has 1 saturated heterocycles. The first-order valence-corrected chi connectivity index (χ1v) is 16.3. The van der Waals surface area contributed by atoms with E-state index in [1.165, 1.54) is 16.2 Å². The van der Waals surface area contributed by atoms with Gasteiger partial charge < -0.3 is 20.1 Å². The van der Waals surface area contributed by atoms with Gasteiger partial charge in [0.25, 0.3) is 0 Å². The molecule has 0 saturated carbocycles. The Morgan fingerprint density at radius 2 is 1.85 bits per heavy atom. The lowest BCUT2D eigenvalue weighted by molar-refractivity contribution is -0.140. The van der Waals surface area contributed by atoms with Gasteiger partial charge in [0.2, 0.25) is 11.8 Å². The average Bonchev–Trinajstić information content (AvgIpc) is 3.68. The molecule has 9 heteroatoms. The SMILES string of the molecule is O=C1[C@@H]2[C@@H](CC(COc3ccccc3)=C([C@H](O)CC/C(=C/c3cccc(O)c3)c3ccccn3)[C@@H]2CO)C(=O)N1Cc1cccs1. The molecule has 1 aliphatic carbocycles. The number of likely N-dealkylation sites (tertiary alicyclic amines) is 1. The van der Waals surface area contributed by atoms with Gasteiger partial charge in [0, 0.05) is 17.0 Å². The highest BCUT2D eigenvalue weighted by atomic mass is 32.1. The molecule has 46 heavy (non-hydrogen) atoms. The number of amides is 2. The van der Waals surface area contributed by atoms with E-state index in [1.54, 1.807) is 24.4 Å². The van der Waals surface area contributed by atoms with E-state index in [2.05, 4.69) is 4.98 Å². The van der Waals surface area contributed by atoms with Crippen LogP contribution < -0.4 is 4.74 Å². The lowest BCUT2D eigenvalue weighted by Gasteiger charge is -2.36. The number of fused-ring (bicyclic) bond motifs is 1. The maximum atomic E-state index is 13.8. The zero-order chi connectivity index (χ0) is 32.0. The number of ether oxygens (including phenoxy) is 1. The van der Waals surface area contributed by atoms with Crippen molar-refractivity contribution in [3.63, 3.8) is 0 Å². The molecule has 0 radical (unpaired) electrons. The van der Waals surface area contributed by atoms with E-state index in [-0.39, 0.29) is 50.2 Å². The second-order valence-corrected chi connectivity index (χ2v) is 12.7. The molecule has 8 nitrogen and oxygen atoms in total. The molecule has 0 bridgehead atoms.